The summed E-state index contributed by atoms with van der Waals surface area (Å²) >= 11 is 0. The fourth-order valence-electron chi connectivity index (χ4n) is 0.377. The van der Waals surface area contributed by atoms with Gasteiger partial charge in [0.15, 0.2) is 0 Å². The monoisotopic (exact) mass is 152 g/mol. The van der Waals surface area contributed by atoms with Crippen LogP contribution in [0.2, 0.25) is 0 Å². The van der Waals surface area contributed by atoms with Gasteiger partial charge in [-0.1, -0.05) is 5.92 Å². The van der Waals surface area contributed by atoms with E-state index in [1.807, 2.05) is 0 Å². The molecule has 0 saturated carbocycles. The average Bonchev–Trinajstić information content (AvgIpc) is 1.60. The normalized spacial score (nSPS) is 14.0. The molecule has 0 aromatic carbocycles. The van der Waals surface area contributed by atoms with Crippen molar-refractivity contribution in [2.45, 2.75) is 13.1 Å². The quantitative estimate of drug-likeness (QED) is 0.369. The van der Waals surface area contributed by atoms with Crippen molar-refractivity contribution in [3.63, 3.8) is 0 Å². The second-order valence-corrected chi connectivity index (χ2v) is 1.55. The largest absolute Gasteiger partial charge is 0.426 e. The van der Waals surface area contributed by atoms with Crippen molar-refractivity contribution in [3.8, 4) is 12.3 Å². The van der Waals surface area contributed by atoms with E-state index in [1.54, 1.807) is 0 Å². The molecular formula is C6H4F4. The van der Waals surface area contributed by atoms with Gasteiger partial charge in [0, 0.05) is 0 Å². The average molecular weight is 152 g/mol. The third-order valence-electron chi connectivity index (χ3n) is 0.772. The van der Waals surface area contributed by atoms with Gasteiger partial charge in [-0.15, -0.1) is 6.42 Å². The van der Waals surface area contributed by atoms with Gasteiger partial charge in [0.05, 0.1) is 0 Å². The van der Waals surface area contributed by atoms with Crippen molar-refractivity contribution in [3.05, 3.63) is 11.4 Å². The van der Waals surface area contributed by atoms with Crippen LogP contribution in [-0.2, 0) is 0 Å². The lowest BCUT2D eigenvalue weighted by Gasteiger charge is -2.03. The van der Waals surface area contributed by atoms with Gasteiger partial charge in [0.25, 0.3) is 0 Å². The Morgan fingerprint density at radius 3 is 1.80 bits per heavy atom. The molecule has 10 heavy (non-hydrogen) atoms. The van der Waals surface area contributed by atoms with Crippen molar-refractivity contribution in [2.75, 3.05) is 0 Å². The lowest BCUT2D eigenvalue weighted by atomic mass is 10.2. The maximum atomic E-state index is 11.9. The highest BCUT2D eigenvalue weighted by atomic mass is 19.4. The SMILES string of the molecule is C#C/C(=C(\C)F)C(F)(F)F. The van der Waals surface area contributed by atoms with Crippen molar-refractivity contribution in [2.24, 2.45) is 0 Å². The molecule has 0 amide bonds. The molecule has 0 atom stereocenters. The first-order valence-electron chi connectivity index (χ1n) is 2.29. The smallest absolute Gasteiger partial charge is 0.211 e. The van der Waals surface area contributed by atoms with Gasteiger partial charge < -0.3 is 0 Å². The summed E-state index contributed by atoms with van der Waals surface area (Å²) in [7, 11) is 0. The van der Waals surface area contributed by atoms with Crippen LogP contribution in [0.4, 0.5) is 17.6 Å². The Morgan fingerprint density at radius 2 is 1.80 bits per heavy atom. The molecule has 4 heteroatoms. The van der Waals surface area contributed by atoms with Crippen molar-refractivity contribution >= 4 is 0 Å². The highest BCUT2D eigenvalue weighted by Crippen LogP contribution is 2.27. The maximum Gasteiger partial charge on any atom is 0.426 e. The first kappa shape index (κ1) is 9.02. The fraction of sp³-hybridized carbons (Fsp3) is 0.333. The molecule has 0 fully saturated rings. The zero-order valence-electron chi connectivity index (χ0n) is 5.09. The van der Waals surface area contributed by atoms with E-state index in [-0.39, 0.29) is 0 Å². The van der Waals surface area contributed by atoms with E-state index in [0.717, 1.165) is 0 Å². The third-order valence-corrected chi connectivity index (χ3v) is 0.772. The Bertz CT molecular complexity index is 187. The van der Waals surface area contributed by atoms with Gasteiger partial charge in [0.1, 0.15) is 11.4 Å². The highest BCUT2D eigenvalue weighted by Gasteiger charge is 2.34. The van der Waals surface area contributed by atoms with Crippen LogP contribution in [0.5, 0.6) is 0 Å². The summed E-state index contributed by atoms with van der Waals surface area (Å²) in [6, 6.07) is 0. The maximum absolute atomic E-state index is 11.9. The molecule has 0 aliphatic rings. The molecule has 0 rings (SSSR count). The zero-order valence-corrected chi connectivity index (χ0v) is 5.09. The summed E-state index contributed by atoms with van der Waals surface area (Å²) in [4.78, 5) is 0. The van der Waals surface area contributed by atoms with Crippen LogP contribution in [0.15, 0.2) is 11.4 Å². The van der Waals surface area contributed by atoms with E-state index in [0.29, 0.717) is 6.92 Å². The predicted octanol–water partition coefficient (Wildman–Crippen LogP) is 2.43. The number of allylic oxidation sites excluding steroid dienone is 2. The molecule has 0 saturated heterocycles. The summed E-state index contributed by atoms with van der Waals surface area (Å²) in [6.07, 6.45) is -0.351. The molecule has 0 aromatic rings. The van der Waals surface area contributed by atoms with Crippen molar-refractivity contribution < 1.29 is 17.6 Å². The van der Waals surface area contributed by atoms with E-state index in [1.165, 1.54) is 5.92 Å². The zero-order chi connectivity index (χ0) is 8.36. The Kier molecular flexibility index (Phi) is 2.47. The Balaban J connectivity index is 4.78. The molecule has 0 bridgehead atoms. The van der Waals surface area contributed by atoms with E-state index in [2.05, 4.69) is 6.42 Å². The van der Waals surface area contributed by atoms with Crippen LogP contribution in [-0.4, -0.2) is 6.18 Å². The van der Waals surface area contributed by atoms with Crippen LogP contribution in [0, 0.1) is 12.3 Å². The Hall–Kier alpha value is -0.980. The molecule has 56 valence electrons. The van der Waals surface area contributed by atoms with Crippen LogP contribution in [0.25, 0.3) is 0 Å². The van der Waals surface area contributed by atoms with Gasteiger partial charge >= 0.3 is 6.18 Å². The van der Waals surface area contributed by atoms with Gasteiger partial charge in [-0.2, -0.15) is 13.2 Å². The molecule has 0 aliphatic heterocycles. The molecule has 0 radical (unpaired) electrons. The number of alkyl halides is 3. The van der Waals surface area contributed by atoms with E-state index in [9.17, 15) is 17.6 Å². The molecule has 0 spiro atoms. The molecule has 0 unspecified atom stereocenters. The van der Waals surface area contributed by atoms with Crippen LogP contribution in [0.3, 0.4) is 0 Å². The first-order valence-corrected chi connectivity index (χ1v) is 2.29. The summed E-state index contributed by atoms with van der Waals surface area (Å²) in [5, 5.41) is 0. The summed E-state index contributed by atoms with van der Waals surface area (Å²) in [5.41, 5.74) is -1.55. The van der Waals surface area contributed by atoms with Crippen molar-refractivity contribution in [1.82, 2.24) is 0 Å². The summed E-state index contributed by atoms with van der Waals surface area (Å²) < 4.78 is 46.5. The van der Waals surface area contributed by atoms with Gasteiger partial charge in [-0.3, -0.25) is 0 Å². The minimum Gasteiger partial charge on any atom is -0.211 e. The lowest BCUT2D eigenvalue weighted by Crippen LogP contribution is -2.11. The van der Waals surface area contributed by atoms with Gasteiger partial charge in [0.2, 0.25) is 0 Å². The van der Waals surface area contributed by atoms with E-state index < -0.39 is 17.6 Å². The van der Waals surface area contributed by atoms with Crippen molar-refractivity contribution in [1.29, 1.82) is 0 Å². The highest BCUT2D eigenvalue weighted by molar-refractivity contribution is 5.31. The van der Waals surface area contributed by atoms with Crippen LogP contribution >= 0.6 is 0 Å². The molecule has 0 aliphatic carbocycles. The topological polar surface area (TPSA) is 0 Å². The van der Waals surface area contributed by atoms with Gasteiger partial charge in [-0.05, 0) is 6.92 Å². The van der Waals surface area contributed by atoms with E-state index >= 15 is 0 Å². The number of hydrogen-bond acceptors (Lipinski definition) is 0. The number of halogens is 4. The standard InChI is InChI=1S/C6H4F4/c1-3-5(4(2)7)6(8,9)10/h1H,2H3/b5-4-. The number of hydrogen-bond donors (Lipinski definition) is 0. The first-order chi connectivity index (χ1) is 4.39. The fourth-order valence-corrected chi connectivity index (χ4v) is 0.377. The van der Waals surface area contributed by atoms with E-state index in [4.69, 9.17) is 0 Å². The van der Waals surface area contributed by atoms with Crippen LogP contribution < -0.4 is 0 Å². The second kappa shape index (κ2) is 2.74. The third kappa shape index (κ3) is 2.09. The molecule has 0 nitrogen and oxygen atoms in total. The molecule has 0 N–H and O–H groups in total. The van der Waals surface area contributed by atoms with Crippen LogP contribution in [0.1, 0.15) is 6.92 Å². The minimum absolute atomic E-state index is 0.669. The molecule has 0 heterocycles. The number of terminal acetylenes is 1. The Labute approximate surface area is 55.5 Å². The predicted molar refractivity (Wildman–Crippen MR) is 28.7 cm³/mol. The Morgan fingerprint density at radius 1 is 1.40 bits per heavy atom. The minimum atomic E-state index is -4.74. The summed E-state index contributed by atoms with van der Waals surface area (Å²) in [5.74, 6) is -0.159. The molecule has 0 aromatic heterocycles. The second-order valence-electron chi connectivity index (χ2n) is 1.55. The summed E-state index contributed by atoms with van der Waals surface area (Å²) in [6.45, 7) is 0.669. The molecular weight excluding hydrogens is 148 g/mol. The number of rotatable bonds is 0. The van der Waals surface area contributed by atoms with Gasteiger partial charge in [-0.25, -0.2) is 4.39 Å². The lowest BCUT2D eigenvalue weighted by molar-refractivity contribution is -0.0889.